The number of aryl methyl sites for hydroxylation is 1. The molecule has 0 saturated carbocycles. The third-order valence-corrected chi connectivity index (χ3v) is 3.19. The molecule has 0 atom stereocenters. The first kappa shape index (κ1) is 15.6. The molecule has 1 aromatic carbocycles. The van der Waals surface area contributed by atoms with Crippen molar-refractivity contribution in [1.29, 1.82) is 0 Å². The van der Waals surface area contributed by atoms with Gasteiger partial charge >= 0.3 is 6.18 Å². The van der Waals surface area contributed by atoms with E-state index in [4.69, 9.17) is 16.3 Å². The molecular weight excluding hydrogens is 305 g/mol. The molecule has 0 radical (unpaired) electrons. The van der Waals surface area contributed by atoms with Crippen molar-refractivity contribution in [1.82, 2.24) is 9.97 Å². The first-order chi connectivity index (χ1) is 9.81. The Bertz CT molecular complexity index is 642. The summed E-state index contributed by atoms with van der Waals surface area (Å²) in [5.41, 5.74) is -0.452. The van der Waals surface area contributed by atoms with E-state index in [9.17, 15) is 13.2 Å². The first-order valence-electron chi connectivity index (χ1n) is 6.04. The van der Waals surface area contributed by atoms with E-state index in [0.29, 0.717) is 11.3 Å². The van der Waals surface area contributed by atoms with Gasteiger partial charge in [-0.05, 0) is 24.6 Å². The zero-order chi connectivity index (χ0) is 15.6. The molecule has 2 rings (SSSR count). The smallest absolute Gasteiger partial charge is 0.433 e. The molecule has 2 aromatic rings. The van der Waals surface area contributed by atoms with Gasteiger partial charge in [0, 0.05) is 12.0 Å². The lowest BCUT2D eigenvalue weighted by molar-refractivity contribution is -0.141. The van der Waals surface area contributed by atoms with Gasteiger partial charge in [-0.2, -0.15) is 13.2 Å². The van der Waals surface area contributed by atoms with E-state index in [0.717, 1.165) is 0 Å². The van der Waals surface area contributed by atoms with E-state index < -0.39 is 11.9 Å². The lowest BCUT2D eigenvalue weighted by Crippen LogP contribution is -2.15. The van der Waals surface area contributed by atoms with E-state index >= 15 is 0 Å². The van der Waals surface area contributed by atoms with Gasteiger partial charge < -0.3 is 4.74 Å². The Labute approximate surface area is 124 Å². The van der Waals surface area contributed by atoms with Gasteiger partial charge in [-0.3, -0.25) is 0 Å². The maximum absolute atomic E-state index is 13.1. The van der Waals surface area contributed by atoms with Crippen LogP contribution >= 0.6 is 11.6 Å². The molecule has 0 amide bonds. The number of rotatable bonds is 3. The van der Waals surface area contributed by atoms with Crippen LogP contribution in [0.5, 0.6) is 5.75 Å². The van der Waals surface area contributed by atoms with E-state index in [1.807, 2.05) is 0 Å². The minimum Gasteiger partial charge on any atom is -0.497 e. The lowest BCUT2D eigenvalue weighted by atomic mass is 10.0. The standard InChI is InChI=1S/C14H12ClF3N2O/c1-8-19-12(14(16,17)18)11(13(15)20-8)7-9-3-5-10(21-2)6-4-9/h3-6H,7H2,1-2H3. The van der Waals surface area contributed by atoms with Crippen molar-refractivity contribution in [2.75, 3.05) is 7.11 Å². The third-order valence-electron chi connectivity index (χ3n) is 2.88. The Morgan fingerprint density at radius 2 is 1.76 bits per heavy atom. The van der Waals surface area contributed by atoms with Crippen molar-refractivity contribution >= 4 is 11.6 Å². The second-order valence-corrected chi connectivity index (χ2v) is 4.77. The summed E-state index contributed by atoms with van der Waals surface area (Å²) in [4.78, 5) is 7.30. The number of ether oxygens (including phenoxy) is 1. The molecule has 1 heterocycles. The number of hydrogen-bond acceptors (Lipinski definition) is 3. The van der Waals surface area contributed by atoms with Crippen LogP contribution in [-0.4, -0.2) is 17.1 Å². The molecule has 7 heteroatoms. The number of aromatic nitrogens is 2. The summed E-state index contributed by atoms with van der Waals surface area (Å²) < 4.78 is 44.2. The van der Waals surface area contributed by atoms with Gasteiger partial charge in [0.25, 0.3) is 0 Å². The monoisotopic (exact) mass is 316 g/mol. The number of methoxy groups -OCH3 is 1. The Morgan fingerprint density at radius 1 is 1.14 bits per heavy atom. The topological polar surface area (TPSA) is 35.0 Å². The van der Waals surface area contributed by atoms with Gasteiger partial charge in [-0.25, -0.2) is 9.97 Å². The second kappa shape index (κ2) is 5.89. The minimum absolute atomic E-state index is 0.00203. The van der Waals surface area contributed by atoms with Gasteiger partial charge in [0.1, 0.15) is 16.7 Å². The minimum atomic E-state index is -4.57. The molecule has 21 heavy (non-hydrogen) atoms. The van der Waals surface area contributed by atoms with Crippen molar-refractivity contribution in [3.63, 3.8) is 0 Å². The predicted molar refractivity (Wildman–Crippen MR) is 72.6 cm³/mol. The number of nitrogens with zero attached hydrogens (tertiary/aromatic N) is 2. The summed E-state index contributed by atoms with van der Waals surface area (Å²) in [6, 6.07) is 6.70. The van der Waals surface area contributed by atoms with Crippen molar-refractivity contribution < 1.29 is 17.9 Å². The average Bonchev–Trinajstić information content (AvgIpc) is 2.41. The molecule has 0 aliphatic rings. The summed E-state index contributed by atoms with van der Waals surface area (Å²) in [6.45, 7) is 1.37. The number of halogens is 4. The second-order valence-electron chi connectivity index (χ2n) is 4.41. The highest BCUT2D eigenvalue weighted by molar-refractivity contribution is 6.30. The summed E-state index contributed by atoms with van der Waals surface area (Å²) in [5, 5.41) is -0.175. The van der Waals surface area contributed by atoms with Crippen molar-refractivity contribution in [3.05, 3.63) is 52.1 Å². The third kappa shape index (κ3) is 3.64. The van der Waals surface area contributed by atoms with Crippen molar-refractivity contribution in [2.45, 2.75) is 19.5 Å². The molecule has 3 nitrogen and oxygen atoms in total. The molecule has 0 fully saturated rings. The van der Waals surface area contributed by atoms with Crippen LogP contribution in [0.15, 0.2) is 24.3 Å². The molecule has 0 spiro atoms. The summed E-state index contributed by atoms with van der Waals surface area (Å²) in [7, 11) is 1.52. The molecular formula is C14H12ClF3N2O. The fourth-order valence-electron chi connectivity index (χ4n) is 1.90. The van der Waals surface area contributed by atoms with Crippen LogP contribution in [0.4, 0.5) is 13.2 Å². The quantitative estimate of drug-likeness (QED) is 0.801. The molecule has 0 N–H and O–H groups in total. The van der Waals surface area contributed by atoms with E-state index in [1.165, 1.54) is 14.0 Å². The zero-order valence-electron chi connectivity index (χ0n) is 11.3. The average molecular weight is 317 g/mol. The molecule has 112 valence electrons. The molecule has 0 aliphatic heterocycles. The van der Waals surface area contributed by atoms with Gasteiger partial charge in [-0.15, -0.1) is 0 Å². The molecule has 0 saturated heterocycles. The van der Waals surface area contributed by atoms with Gasteiger partial charge in [-0.1, -0.05) is 23.7 Å². The Hall–Kier alpha value is -1.82. The molecule has 0 aliphatic carbocycles. The van der Waals surface area contributed by atoms with E-state index in [-0.39, 0.29) is 23.0 Å². The highest BCUT2D eigenvalue weighted by Gasteiger charge is 2.37. The predicted octanol–water partition coefficient (Wildman–Crippen LogP) is 4.06. The summed E-state index contributed by atoms with van der Waals surface area (Å²) in [5.74, 6) is 0.617. The van der Waals surface area contributed by atoms with Crippen LogP contribution in [0.1, 0.15) is 22.6 Å². The highest BCUT2D eigenvalue weighted by atomic mass is 35.5. The fourth-order valence-corrected chi connectivity index (χ4v) is 2.18. The number of alkyl halides is 3. The summed E-state index contributed by atoms with van der Waals surface area (Å²) >= 11 is 5.87. The number of hydrogen-bond donors (Lipinski definition) is 0. The zero-order valence-corrected chi connectivity index (χ0v) is 12.1. The van der Waals surface area contributed by atoms with Crippen LogP contribution < -0.4 is 4.74 Å². The first-order valence-corrected chi connectivity index (χ1v) is 6.42. The van der Waals surface area contributed by atoms with E-state index in [2.05, 4.69) is 9.97 Å². The SMILES string of the molecule is COc1ccc(Cc2c(Cl)nc(C)nc2C(F)(F)F)cc1. The van der Waals surface area contributed by atoms with E-state index in [1.54, 1.807) is 24.3 Å². The van der Waals surface area contributed by atoms with Crippen molar-refractivity contribution in [2.24, 2.45) is 0 Å². The van der Waals surface area contributed by atoms with Crippen LogP contribution in [0, 0.1) is 6.92 Å². The van der Waals surface area contributed by atoms with Crippen LogP contribution in [-0.2, 0) is 12.6 Å². The summed E-state index contributed by atoms with van der Waals surface area (Å²) in [6.07, 6.45) is -4.57. The fraction of sp³-hybridized carbons (Fsp3) is 0.286. The molecule has 0 bridgehead atoms. The Morgan fingerprint density at radius 3 is 2.29 bits per heavy atom. The largest absolute Gasteiger partial charge is 0.497 e. The van der Waals surface area contributed by atoms with Crippen molar-refractivity contribution in [3.8, 4) is 5.75 Å². The molecule has 1 aromatic heterocycles. The van der Waals surface area contributed by atoms with Gasteiger partial charge in [0.15, 0.2) is 5.69 Å². The Balaban J connectivity index is 2.42. The van der Waals surface area contributed by atoms with Crippen LogP contribution in [0.25, 0.3) is 0 Å². The van der Waals surface area contributed by atoms with Gasteiger partial charge in [0.2, 0.25) is 0 Å². The highest BCUT2D eigenvalue weighted by Crippen LogP contribution is 2.34. The molecule has 0 unspecified atom stereocenters. The van der Waals surface area contributed by atoms with Crippen LogP contribution in [0.2, 0.25) is 5.15 Å². The van der Waals surface area contributed by atoms with Crippen LogP contribution in [0.3, 0.4) is 0 Å². The normalized spacial score (nSPS) is 11.5. The van der Waals surface area contributed by atoms with Gasteiger partial charge in [0.05, 0.1) is 7.11 Å². The lowest BCUT2D eigenvalue weighted by Gasteiger charge is -2.14. The maximum Gasteiger partial charge on any atom is 0.433 e. The maximum atomic E-state index is 13.1. The Kier molecular flexibility index (Phi) is 4.37. The number of benzene rings is 1.